The van der Waals surface area contributed by atoms with Crippen LogP contribution in [0.2, 0.25) is 0 Å². The zero-order valence-electron chi connectivity index (χ0n) is 8.24. The normalized spacial score (nSPS) is 25.4. The van der Waals surface area contributed by atoms with Gasteiger partial charge in [-0.1, -0.05) is 0 Å². The average molecular weight is 188 g/mol. The molecular weight excluding hydrogens is 168 g/mol. The van der Waals surface area contributed by atoms with Gasteiger partial charge in [0.2, 0.25) is 0 Å². The van der Waals surface area contributed by atoms with Crippen molar-refractivity contribution in [3.05, 3.63) is 0 Å². The predicted octanol–water partition coefficient (Wildman–Crippen LogP) is -0.977. The molecule has 1 saturated heterocycles. The van der Waals surface area contributed by atoms with E-state index in [0.29, 0.717) is 6.04 Å². The third-order valence-corrected chi connectivity index (χ3v) is 2.54. The van der Waals surface area contributed by atoms with Crippen molar-refractivity contribution in [3.8, 4) is 0 Å². The van der Waals surface area contributed by atoms with E-state index in [2.05, 4.69) is 17.3 Å². The van der Waals surface area contributed by atoms with E-state index in [-0.39, 0.29) is 19.3 Å². The van der Waals surface area contributed by atoms with E-state index in [0.717, 1.165) is 19.5 Å². The van der Waals surface area contributed by atoms with Crippen LogP contribution in [-0.4, -0.2) is 60.5 Å². The second-order valence-electron chi connectivity index (χ2n) is 3.83. The SMILES string of the molecule is CN1CCCC(NC(CO)CO)C1. The first-order valence-electron chi connectivity index (χ1n) is 4.92. The predicted molar refractivity (Wildman–Crippen MR) is 51.6 cm³/mol. The third kappa shape index (κ3) is 3.60. The van der Waals surface area contributed by atoms with Crippen molar-refractivity contribution in [2.45, 2.75) is 24.9 Å². The lowest BCUT2D eigenvalue weighted by Crippen LogP contribution is -2.50. The molecule has 13 heavy (non-hydrogen) atoms. The van der Waals surface area contributed by atoms with E-state index in [4.69, 9.17) is 10.2 Å². The fraction of sp³-hybridized carbons (Fsp3) is 1.00. The number of hydrogen-bond acceptors (Lipinski definition) is 4. The van der Waals surface area contributed by atoms with E-state index in [1.54, 1.807) is 0 Å². The Morgan fingerprint density at radius 2 is 2.15 bits per heavy atom. The lowest BCUT2D eigenvalue weighted by atomic mass is 10.1. The molecule has 0 amide bonds. The van der Waals surface area contributed by atoms with Gasteiger partial charge in [0.25, 0.3) is 0 Å². The quantitative estimate of drug-likeness (QED) is 0.531. The first-order chi connectivity index (χ1) is 6.26. The molecule has 0 spiro atoms. The molecule has 4 nitrogen and oxygen atoms in total. The van der Waals surface area contributed by atoms with Crippen molar-refractivity contribution in [2.24, 2.45) is 0 Å². The van der Waals surface area contributed by atoms with Gasteiger partial charge in [0.15, 0.2) is 0 Å². The van der Waals surface area contributed by atoms with Gasteiger partial charge in [-0.25, -0.2) is 0 Å². The largest absolute Gasteiger partial charge is 0.395 e. The molecule has 78 valence electrons. The number of piperidine rings is 1. The number of aliphatic hydroxyl groups is 2. The average Bonchev–Trinajstić information content (AvgIpc) is 2.14. The molecule has 1 rings (SSSR count). The van der Waals surface area contributed by atoms with Crippen LogP contribution in [0.25, 0.3) is 0 Å². The highest BCUT2D eigenvalue weighted by Crippen LogP contribution is 2.08. The van der Waals surface area contributed by atoms with Gasteiger partial charge >= 0.3 is 0 Å². The molecule has 1 fully saturated rings. The van der Waals surface area contributed by atoms with E-state index in [1.807, 2.05) is 0 Å². The van der Waals surface area contributed by atoms with Crippen LogP contribution in [0.15, 0.2) is 0 Å². The number of nitrogens with zero attached hydrogens (tertiary/aromatic N) is 1. The molecule has 0 aromatic carbocycles. The minimum Gasteiger partial charge on any atom is -0.395 e. The van der Waals surface area contributed by atoms with Crippen molar-refractivity contribution < 1.29 is 10.2 Å². The summed E-state index contributed by atoms with van der Waals surface area (Å²) in [6.07, 6.45) is 2.33. The Labute approximate surface area is 79.6 Å². The highest BCUT2D eigenvalue weighted by Gasteiger charge is 2.19. The Kier molecular flexibility index (Phi) is 4.66. The maximum Gasteiger partial charge on any atom is 0.0607 e. The Hall–Kier alpha value is -0.160. The zero-order valence-corrected chi connectivity index (χ0v) is 8.24. The molecule has 4 heteroatoms. The first-order valence-corrected chi connectivity index (χ1v) is 4.92. The lowest BCUT2D eigenvalue weighted by Gasteiger charge is -2.32. The van der Waals surface area contributed by atoms with Crippen LogP contribution in [0.5, 0.6) is 0 Å². The second kappa shape index (κ2) is 5.54. The summed E-state index contributed by atoms with van der Waals surface area (Å²) in [6, 6.07) is 0.263. The van der Waals surface area contributed by atoms with Crippen LogP contribution in [0, 0.1) is 0 Å². The third-order valence-electron chi connectivity index (χ3n) is 2.54. The van der Waals surface area contributed by atoms with Gasteiger partial charge in [0.1, 0.15) is 0 Å². The van der Waals surface area contributed by atoms with Gasteiger partial charge in [0.05, 0.1) is 19.3 Å². The van der Waals surface area contributed by atoms with Crippen LogP contribution in [0.3, 0.4) is 0 Å². The molecule has 1 aliphatic rings. The molecule has 0 aromatic heterocycles. The maximum absolute atomic E-state index is 8.89. The fourth-order valence-corrected chi connectivity index (χ4v) is 1.80. The van der Waals surface area contributed by atoms with Gasteiger partial charge in [-0.05, 0) is 26.4 Å². The summed E-state index contributed by atoms with van der Waals surface area (Å²) in [5, 5.41) is 21.0. The number of nitrogens with one attached hydrogen (secondary N) is 1. The van der Waals surface area contributed by atoms with Crippen molar-refractivity contribution >= 4 is 0 Å². The zero-order chi connectivity index (χ0) is 9.68. The van der Waals surface area contributed by atoms with Crippen LogP contribution in [0.1, 0.15) is 12.8 Å². The molecule has 1 atom stereocenters. The lowest BCUT2D eigenvalue weighted by molar-refractivity contribution is 0.140. The molecule has 3 N–H and O–H groups in total. The number of likely N-dealkylation sites (tertiary alicyclic amines) is 1. The van der Waals surface area contributed by atoms with E-state index in [9.17, 15) is 0 Å². The standard InChI is InChI=1S/C9H20N2O2/c1-11-4-2-3-8(5-11)10-9(6-12)7-13/h8-10,12-13H,2-7H2,1H3. The molecule has 1 heterocycles. The molecule has 0 bridgehead atoms. The number of aliphatic hydroxyl groups excluding tert-OH is 2. The monoisotopic (exact) mass is 188 g/mol. The molecule has 0 radical (unpaired) electrons. The van der Waals surface area contributed by atoms with Crippen molar-refractivity contribution in [1.82, 2.24) is 10.2 Å². The molecule has 1 unspecified atom stereocenters. The highest BCUT2D eigenvalue weighted by molar-refractivity contribution is 4.79. The van der Waals surface area contributed by atoms with Gasteiger partial charge in [-0.2, -0.15) is 0 Å². The van der Waals surface area contributed by atoms with Gasteiger partial charge < -0.3 is 20.4 Å². The Balaban J connectivity index is 2.26. The van der Waals surface area contributed by atoms with Crippen molar-refractivity contribution in [1.29, 1.82) is 0 Å². The van der Waals surface area contributed by atoms with Gasteiger partial charge in [0, 0.05) is 12.6 Å². The number of rotatable bonds is 4. The van der Waals surface area contributed by atoms with E-state index < -0.39 is 0 Å². The summed E-state index contributed by atoms with van der Waals surface area (Å²) < 4.78 is 0. The summed E-state index contributed by atoms with van der Waals surface area (Å²) in [5.41, 5.74) is 0. The Bertz CT molecular complexity index is 140. The van der Waals surface area contributed by atoms with Crippen LogP contribution < -0.4 is 5.32 Å². The summed E-state index contributed by atoms with van der Waals surface area (Å²) in [5.74, 6) is 0. The smallest absolute Gasteiger partial charge is 0.0607 e. The molecule has 1 aliphatic heterocycles. The van der Waals surface area contributed by atoms with E-state index in [1.165, 1.54) is 6.42 Å². The summed E-state index contributed by atoms with van der Waals surface area (Å²) in [6.45, 7) is 2.19. The minimum absolute atomic E-state index is 0.0106. The Morgan fingerprint density at radius 1 is 1.46 bits per heavy atom. The van der Waals surface area contributed by atoms with Crippen LogP contribution >= 0.6 is 0 Å². The summed E-state index contributed by atoms with van der Waals surface area (Å²) >= 11 is 0. The summed E-state index contributed by atoms with van der Waals surface area (Å²) in [4.78, 5) is 2.27. The number of hydrogen-bond donors (Lipinski definition) is 3. The van der Waals surface area contributed by atoms with Crippen molar-refractivity contribution in [2.75, 3.05) is 33.4 Å². The number of likely N-dealkylation sites (N-methyl/N-ethyl adjacent to an activating group) is 1. The highest BCUT2D eigenvalue weighted by atomic mass is 16.3. The van der Waals surface area contributed by atoms with E-state index >= 15 is 0 Å². The molecule has 0 aromatic rings. The van der Waals surface area contributed by atoms with Crippen LogP contribution in [0.4, 0.5) is 0 Å². The summed E-state index contributed by atoms with van der Waals surface area (Å²) in [7, 11) is 2.10. The maximum atomic E-state index is 8.89. The minimum atomic E-state index is -0.156. The first kappa shape index (κ1) is 10.9. The van der Waals surface area contributed by atoms with Gasteiger partial charge in [-0.15, -0.1) is 0 Å². The van der Waals surface area contributed by atoms with Crippen molar-refractivity contribution in [3.63, 3.8) is 0 Å². The van der Waals surface area contributed by atoms with Crippen LogP contribution in [-0.2, 0) is 0 Å². The topological polar surface area (TPSA) is 55.7 Å². The molecule has 0 aliphatic carbocycles. The van der Waals surface area contributed by atoms with Gasteiger partial charge in [-0.3, -0.25) is 0 Å². The second-order valence-corrected chi connectivity index (χ2v) is 3.83. The molecular formula is C9H20N2O2. The fourth-order valence-electron chi connectivity index (χ4n) is 1.80. The Morgan fingerprint density at radius 3 is 2.69 bits per heavy atom. The molecule has 0 saturated carbocycles.